The molecule has 3 heterocycles. The van der Waals surface area contributed by atoms with Crippen LogP contribution < -0.4 is 15.0 Å². The number of rotatable bonds is 5. The van der Waals surface area contributed by atoms with Crippen LogP contribution in [0, 0.1) is 11.6 Å². The van der Waals surface area contributed by atoms with Gasteiger partial charge in [0.2, 0.25) is 0 Å². The molecule has 9 heteroatoms. The maximum Gasteiger partial charge on any atom is 0.170 e. The fourth-order valence-electron chi connectivity index (χ4n) is 3.61. The van der Waals surface area contributed by atoms with Gasteiger partial charge in [-0.15, -0.1) is 5.10 Å². The van der Waals surface area contributed by atoms with Gasteiger partial charge in [-0.3, -0.25) is 0 Å². The molecule has 2 aromatic heterocycles. The van der Waals surface area contributed by atoms with E-state index < -0.39 is 11.6 Å². The van der Waals surface area contributed by atoms with Gasteiger partial charge in [0.25, 0.3) is 0 Å². The number of methoxy groups -OCH3 is 1. The lowest BCUT2D eigenvalue weighted by molar-refractivity contribution is -0.00545. The largest absolute Gasteiger partial charge is 0.497 e. The van der Waals surface area contributed by atoms with Crippen LogP contribution in [0.3, 0.4) is 0 Å². The molecule has 1 saturated heterocycles. The highest BCUT2D eigenvalue weighted by Crippen LogP contribution is 2.28. The number of morpholine rings is 1. The molecule has 0 aliphatic carbocycles. The van der Waals surface area contributed by atoms with E-state index in [-0.39, 0.29) is 23.8 Å². The van der Waals surface area contributed by atoms with Crippen molar-refractivity contribution in [3.63, 3.8) is 0 Å². The lowest BCUT2D eigenvalue weighted by Crippen LogP contribution is -2.45. The van der Waals surface area contributed by atoms with Crippen LogP contribution >= 0.6 is 0 Å². The minimum absolute atomic E-state index is 0.0194. The third-order valence-electron chi connectivity index (χ3n) is 4.96. The number of anilines is 3. The van der Waals surface area contributed by atoms with Gasteiger partial charge < -0.3 is 19.7 Å². The van der Waals surface area contributed by atoms with Crippen LogP contribution in [0.5, 0.6) is 5.75 Å². The summed E-state index contributed by atoms with van der Waals surface area (Å²) in [6.07, 6.45) is 1.54. The zero-order chi connectivity index (χ0) is 22.0. The Bertz CT molecular complexity index is 1070. The summed E-state index contributed by atoms with van der Waals surface area (Å²) in [6.45, 7) is 5.30. The minimum atomic E-state index is -0.527. The third kappa shape index (κ3) is 4.72. The van der Waals surface area contributed by atoms with Crippen LogP contribution in [0.4, 0.5) is 26.2 Å². The molecule has 1 N–H and O–H groups in total. The van der Waals surface area contributed by atoms with E-state index in [9.17, 15) is 8.78 Å². The molecule has 4 rings (SSSR count). The summed E-state index contributed by atoms with van der Waals surface area (Å²) in [7, 11) is 1.47. The predicted octanol–water partition coefficient (Wildman–Crippen LogP) is 4.18. The molecule has 1 fully saturated rings. The first kappa shape index (κ1) is 20.9. The Balaban J connectivity index is 1.59. The Hall–Kier alpha value is -3.33. The average molecular weight is 427 g/mol. The summed E-state index contributed by atoms with van der Waals surface area (Å²) in [4.78, 5) is 6.48. The Kier molecular flexibility index (Phi) is 5.94. The van der Waals surface area contributed by atoms with Gasteiger partial charge in [0.05, 0.1) is 25.5 Å². The Morgan fingerprint density at radius 3 is 2.55 bits per heavy atom. The molecule has 0 amide bonds. The first-order valence-corrected chi connectivity index (χ1v) is 9.93. The second-order valence-electron chi connectivity index (χ2n) is 7.46. The normalized spacial score (nSPS) is 18.7. The number of nitrogens with one attached hydrogen (secondary N) is 1. The highest BCUT2D eigenvalue weighted by molar-refractivity contribution is 5.68. The number of hydrogen-bond acceptors (Lipinski definition) is 7. The van der Waals surface area contributed by atoms with Crippen LogP contribution in [0.25, 0.3) is 11.1 Å². The lowest BCUT2D eigenvalue weighted by Gasteiger charge is -2.36. The number of ether oxygens (including phenoxy) is 2. The number of hydrogen-bond donors (Lipinski definition) is 1. The molecule has 1 aromatic carbocycles. The van der Waals surface area contributed by atoms with Crippen LogP contribution in [-0.2, 0) is 4.74 Å². The second-order valence-corrected chi connectivity index (χ2v) is 7.46. The fraction of sp³-hybridized carbons (Fsp3) is 0.318. The van der Waals surface area contributed by atoms with E-state index in [0.29, 0.717) is 35.8 Å². The van der Waals surface area contributed by atoms with Crippen molar-refractivity contribution in [1.82, 2.24) is 15.2 Å². The van der Waals surface area contributed by atoms with E-state index in [0.717, 1.165) is 0 Å². The highest BCUT2D eigenvalue weighted by atomic mass is 19.1. The van der Waals surface area contributed by atoms with Gasteiger partial charge >= 0.3 is 0 Å². The molecule has 31 heavy (non-hydrogen) atoms. The van der Waals surface area contributed by atoms with Crippen molar-refractivity contribution in [3.8, 4) is 16.9 Å². The van der Waals surface area contributed by atoms with Crippen molar-refractivity contribution in [3.05, 3.63) is 54.2 Å². The third-order valence-corrected chi connectivity index (χ3v) is 4.96. The van der Waals surface area contributed by atoms with Crippen LogP contribution in [0.1, 0.15) is 13.8 Å². The molecule has 0 radical (unpaired) electrons. The average Bonchev–Trinajstić information content (AvgIpc) is 2.74. The van der Waals surface area contributed by atoms with E-state index in [2.05, 4.69) is 25.4 Å². The maximum atomic E-state index is 14.5. The summed E-state index contributed by atoms with van der Waals surface area (Å²) in [5.41, 5.74) is 0.822. The van der Waals surface area contributed by atoms with Crippen molar-refractivity contribution in [1.29, 1.82) is 0 Å². The number of benzene rings is 1. The van der Waals surface area contributed by atoms with Crippen LogP contribution in [-0.4, -0.2) is 47.6 Å². The number of pyridine rings is 1. The number of nitrogens with zero attached hydrogens (tertiary/aromatic N) is 4. The molecule has 0 spiro atoms. The quantitative estimate of drug-likeness (QED) is 0.655. The Labute approximate surface area is 179 Å². The van der Waals surface area contributed by atoms with Gasteiger partial charge in [-0.05, 0) is 44.2 Å². The molecule has 1 aliphatic rings. The molecule has 2 atom stereocenters. The summed E-state index contributed by atoms with van der Waals surface area (Å²) in [5.74, 6) is 0.333. The second kappa shape index (κ2) is 8.81. The summed E-state index contributed by atoms with van der Waals surface area (Å²) in [5, 5.41) is 10.8. The van der Waals surface area contributed by atoms with Crippen molar-refractivity contribution in [2.45, 2.75) is 26.1 Å². The molecule has 162 valence electrons. The maximum absolute atomic E-state index is 14.5. The van der Waals surface area contributed by atoms with E-state index in [1.54, 1.807) is 24.3 Å². The molecule has 1 aliphatic heterocycles. The Morgan fingerprint density at radius 2 is 1.84 bits per heavy atom. The van der Waals surface area contributed by atoms with E-state index >= 15 is 0 Å². The molecule has 0 unspecified atom stereocenters. The van der Waals surface area contributed by atoms with Crippen molar-refractivity contribution in [2.75, 3.05) is 30.4 Å². The smallest absolute Gasteiger partial charge is 0.170 e. The van der Waals surface area contributed by atoms with E-state index in [1.165, 1.54) is 25.4 Å². The molecule has 0 saturated carbocycles. The van der Waals surface area contributed by atoms with E-state index in [1.807, 2.05) is 13.8 Å². The SMILES string of the molecule is COc1ccc(-c2cnnc(Nc3nc(N4C[C@@H](C)O[C@@H](C)C4)ccc3F)c2)c(F)c1. The van der Waals surface area contributed by atoms with E-state index in [4.69, 9.17) is 9.47 Å². The minimum Gasteiger partial charge on any atom is -0.497 e. The molecule has 0 bridgehead atoms. The van der Waals surface area contributed by atoms with Gasteiger partial charge in [0, 0.05) is 30.3 Å². The van der Waals surface area contributed by atoms with Gasteiger partial charge in [-0.1, -0.05) is 0 Å². The summed E-state index contributed by atoms with van der Waals surface area (Å²) < 4.78 is 39.7. The van der Waals surface area contributed by atoms with Gasteiger partial charge in [0.15, 0.2) is 17.5 Å². The van der Waals surface area contributed by atoms with Crippen molar-refractivity contribution in [2.24, 2.45) is 0 Å². The van der Waals surface area contributed by atoms with Gasteiger partial charge in [-0.25, -0.2) is 13.8 Å². The molecular weight excluding hydrogens is 404 g/mol. The highest BCUT2D eigenvalue weighted by Gasteiger charge is 2.24. The fourth-order valence-corrected chi connectivity index (χ4v) is 3.61. The Morgan fingerprint density at radius 1 is 1.06 bits per heavy atom. The van der Waals surface area contributed by atoms with Crippen molar-refractivity contribution < 1.29 is 18.3 Å². The first-order chi connectivity index (χ1) is 14.9. The van der Waals surface area contributed by atoms with Crippen LogP contribution in [0.15, 0.2) is 42.6 Å². The summed E-state index contributed by atoms with van der Waals surface area (Å²) >= 11 is 0. The molecule has 3 aromatic rings. The molecular formula is C22H23F2N5O2. The standard InChI is InChI=1S/C22H23F2N5O2/c1-13-11-29(12-14(2)31-13)21-7-6-18(23)22(27-21)26-20-8-15(10-25-28-20)17-5-4-16(30-3)9-19(17)24/h4-10,13-14H,11-12H2,1-3H3,(H,26,27,28)/t13-,14+. The number of aromatic nitrogens is 3. The van der Waals surface area contributed by atoms with Gasteiger partial charge in [0.1, 0.15) is 17.4 Å². The summed E-state index contributed by atoms with van der Waals surface area (Å²) in [6, 6.07) is 9.12. The first-order valence-electron chi connectivity index (χ1n) is 9.93. The van der Waals surface area contributed by atoms with Crippen molar-refractivity contribution >= 4 is 17.5 Å². The zero-order valence-corrected chi connectivity index (χ0v) is 17.5. The zero-order valence-electron chi connectivity index (χ0n) is 17.5. The van der Waals surface area contributed by atoms with Gasteiger partial charge in [-0.2, -0.15) is 5.10 Å². The van der Waals surface area contributed by atoms with Crippen LogP contribution in [0.2, 0.25) is 0 Å². The predicted molar refractivity (Wildman–Crippen MR) is 114 cm³/mol. The number of halogens is 2. The topological polar surface area (TPSA) is 72.4 Å². The lowest BCUT2D eigenvalue weighted by atomic mass is 10.1. The molecule has 7 nitrogen and oxygen atoms in total. The monoisotopic (exact) mass is 427 g/mol.